The third-order valence-electron chi connectivity index (χ3n) is 6.50. The monoisotopic (exact) mass is 522 g/mol. The number of halogens is 1. The first-order valence-corrected chi connectivity index (χ1v) is 13.0. The first-order chi connectivity index (χ1) is 17.6. The Labute approximate surface area is 224 Å². The minimum Gasteiger partial charge on any atom is -0.466 e. The first kappa shape index (κ1) is 27.1. The van der Waals surface area contributed by atoms with E-state index in [-0.39, 0.29) is 24.3 Å². The van der Waals surface area contributed by atoms with E-state index in [1.54, 1.807) is 17.9 Å². The van der Waals surface area contributed by atoms with Gasteiger partial charge in [0, 0.05) is 29.4 Å². The predicted molar refractivity (Wildman–Crippen MR) is 148 cm³/mol. The van der Waals surface area contributed by atoms with Crippen molar-refractivity contribution in [3.63, 3.8) is 0 Å². The molecular weight excluding hydrogens is 488 g/mol. The molecule has 1 amide bonds. The molecule has 1 aliphatic rings. The summed E-state index contributed by atoms with van der Waals surface area (Å²) >= 11 is 6.51. The Bertz CT molecular complexity index is 1280. The highest BCUT2D eigenvalue weighted by molar-refractivity contribution is 6.30. The highest BCUT2D eigenvalue weighted by Gasteiger charge is 2.40. The molecule has 1 heterocycles. The van der Waals surface area contributed by atoms with Crippen LogP contribution in [0.2, 0.25) is 5.02 Å². The SMILES string of the molecule is CCOC(=O)C[C@@H]1O[C@@H](c2cccc3ccccc23)c2cc(Cl)ccc2N(CC(C)(C)CN(C)C)C1=O. The molecule has 1 aliphatic heterocycles. The van der Waals surface area contributed by atoms with Crippen molar-refractivity contribution in [3.8, 4) is 0 Å². The lowest BCUT2D eigenvalue weighted by Crippen LogP contribution is -2.47. The van der Waals surface area contributed by atoms with E-state index in [4.69, 9.17) is 21.1 Å². The maximum Gasteiger partial charge on any atom is 0.308 e. The second-order valence-corrected chi connectivity index (χ2v) is 11.0. The fraction of sp³-hybridized carbons (Fsp3) is 0.400. The number of rotatable bonds is 8. The fourth-order valence-electron chi connectivity index (χ4n) is 5.29. The quantitative estimate of drug-likeness (QED) is 0.347. The fourth-order valence-corrected chi connectivity index (χ4v) is 5.47. The average Bonchev–Trinajstić information content (AvgIpc) is 2.93. The van der Waals surface area contributed by atoms with Crippen LogP contribution in [-0.4, -0.2) is 56.7 Å². The molecule has 0 radical (unpaired) electrons. The Hall–Kier alpha value is -2.93. The van der Waals surface area contributed by atoms with E-state index < -0.39 is 18.2 Å². The van der Waals surface area contributed by atoms with Crippen molar-refractivity contribution in [2.45, 2.75) is 39.4 Å². The number of esters is 1. The number of hydrogen-bond acceptors (Lipinski definition) is 5. The minimum atomic E-state index is -1.01. The molecule has 3 aromatic rings. The largest absolute Gasteiger partial charge is 0.466 e. The molecule has 7 heteroatoms. The summed E-state index contributed by atoms with van der Waals surface area (Å²) in [5.41, 5.74) is 2.22. The minimum absolute atomic E-state index is 0.166. The summed E-state index contributed by atoms with van der Waals surface area (Å²) in [6, 6.07) is 19.7. The number of amides is 1. The second kappa shape index (κ2) is 11.2. The molecule has 4 rings (SSSR count). The number of benzene rings is 3. The van der Waals surface area contributed by atoms with Gasteiger partial charge < -0.3 is 19.3 Å². The normalized spacial score (nSPS) is 18.1. The molecule has 0 bridgehead atoms. The third-order valence-corrected chi connectivity index (χ3v) is 6.73. The molecule has 196 valence electrons. The Morgan fingerprint density at radius 1 is 1.08 bits per heavy atom. The van der Waals surface area contributed by atoms with Crippen molar-refractivity contribution in [1.29, 1.82) is 0 Å². The molecule has 3 aromatic carbocycles. The van der Waals surface area contributed by atoms with Gasteiger partial charge in [0.05, 0.1) is 13.0 Å². The molecule has 0 fully saturated rings. The van der Waals surface area contributed by atoms with Gasteiger partial charge in [0.25, 0.3) is 5.91 Å². The average molecular weight is 523 g/mol. The van der Waals surface area contributed by atoms with Crippen LogP contribution >= 0.6 is 11.6 Å². The summed E-state index contributed by atoms with van der Waals surface area (Å²) in [6.45, 7) is 7.47. The summed E-state index contributed by atoms with van der Waals surface area (Å²) in [6.07, 6.45) is -1.78. The lowest BCUT2D eigenvalue weighted by molar-refractivity contribution is -0.151. The van der Waals surface area contributed by atoms with Crippen LogP contribution < -0.4 is 4.90 Å². The molecule has 0 aliphatic carbocycles. The standard InChI is InChI=1S/C30H35ClN2O4/c1-6-36-27(34)17-26-29(35)33(19-30(2,3)18-32(4)5)25-15-14-21(31)16-24(25)28(37-26)23-13-9-11-20-10-7-8-12-22(20)23/h7-16,26,28H,6,17-19H2,1-5H3/t26-,28-/m0/s1. The van der Waals surface area contributed by atoms with Crippen LogP contribution in [0.5, 0.6) is 0 Å². The van der Waals surface area contributed by atoms with Crippen LogP contribution in [0.4, 0.5) is 5.69 Å². The van der Waals surface area contributed by atoms with Crippen LogP contribution in [0.3, 0.4) is 0 Å². The highest BCUT2D eigenvalue weighted by atomic mass is 35.5. The van der Waals surface area contributed by atoms with E-state index in [0.29, 0.717) is 11.6 Å². The summed E-state index contributed by atoms with van der Waals surface area (Å²) in [5, 5.41) is 2.63. The lowest BCUT2D eigenvalue weighted by atomic mass is 9.90. The van der Waals surface area contributed by atoms with E-state index in [0.717, 1.165) is 34.1 Å². The number of nitrogens with zero attached hydrogens (tertiary/aromatic N) is 2. The second-order valence-electron chi connectivity index (χ2n) is 10.6. The van der Waals surface area contributed by atoms with E-state index >= 15 is 0 Å². The number of anilines is 1. The molecule has 2 atom stereocenters. The lowest BCUT2D eigenvalue weighted by Gasteiger charge is -2.35. The molecule has 0 aromatic heterocycles. The Balaban J connectivity index is 1.89. The molecular formula is C30H35ClN2O4. The van der Waals surface area contributed by atoms with E-state index in [1.165, 1.54) is 0 Å². The van der Waals surface area contributed by atoms with Crippen molar-refractivity contribution in [2.75, 3.05) is 38.7 Å². The molecule has 0 spiro atoms. The van der Waals surface area contributed by atoms with E-state index in [1.807, 2.05) is 68.7 Å². The number of ether oxygens (including phenoxy) is 2. The maximum atomic E-state index is 14.1. The summed E-state index contributed by atoms with van der Waals surface area (Å²) in [7, 11) is 4.03. The molecule has 37 heavy (non-hydrogen) atoms. The van der Waals surface area contributed by atoms with Gasteiger partial charge in [-0.15, -0.1) is 0 Å². The van der Waals surface area contributed by atoms with Gasteiger partial charge in [-0.3, -0.25) is 9.59 Å². The topological polar surface area (TPSA) is 59.1 Å². The van der Waals surface area contributed by atoms with Crippen molar-refractivity contribution in [1.82, 2.24) is 4.90 Å². The zero-order chi connectivity index (χ0) is 26.7. The Kier molecular flexibility index (Phi) is 8.22. The Morgan fingerprint density at radius 3 is 2.54 bits per heavy atom. The van der Waals surface area contributed by atoms with E-state index in [9.17, 15) is 9.59 Å². The molecule has 0 N–H and O–H groups in total. The summed E-state index contributed by atoms with van der Waals surface area (Å²) in [4.78, 5) is 30.5. The Morgan fingerprint density at radius 2 is 1.81 bits per heavy atom. The van der Waals surface area contributed by atoms with Gasteiger partial charge in [-0.1, -0.05) is 67.9 Å². The molecule has 0 unspecified atom stereocenters. The van der Waals surface area contributed by atoms with Gasteiger partial charge in [0.2, 0.25) is 0 Å². The third kappa shape index (κ3) is 6.15. The number of hydrogen-bond donors (Lipinski definition) is 0. The van der Waals surface area contributed by atoms with Crippen LogP contribution in [-0.2, 0) is 19.1 Å². The smallest absolute Gasteiger partial charge is 0.308 e. The number of carbonyl (C=O) groups is 2. The van der Waals surface area contributed by atoms with Crippen LogP contribution in [0, 0.1) is 5.41 Å². The zero-order valence-corrected chi connectivity index (χ0v) is 22.9. The van der Waals surface area contributed by atoms with Gasteiger partial charge in [0.15, 0.2) is 0 Å². The van der Waals surface area contributed by atoms with Crippen molar-refractivity contribution >= 4 is 39.9 Å². The molecule has 0 saturated carbocycles. The van der Waals surface area contributed by atoms with Gasteiger partial charge in [0.1, 0.15) is 12.2 Å². The van der Waals surface area contributed by atoms with E-state index in [2.05, 4.69) is 18.7 Å². The maximum absolute atomic E-state index is 14.1. The van der Waals surface area contributed by atoms with Gasteiger partial charge >= 0.3 is 5.97 Å². The van der Waals surface area contributed by atoms with Crippen molar-refractivity contribution in [2.24, 2.45) is 5.41 Å². The highest BCUT2D eigenvalue weighted by Crippen LogP contribution is 2.42. The summed E-state index contributed by atoms with van der Waals surface area (Å²) in [5.74, 6) is -0.722. The molecule has 6 nitrogen and oxygen atoms in total. The van der Waals surface area contributed by atoms with Crippen molar-refractivity contribution < 1.29 is 19.1 Å². The first-order valence-electron chi connectivity index (χ1n) is 12.6. The number of carbonyl (C=O) groups excluding carboxylic acids is 2. The van der Waals surface area contributed by atoms with Crippen LogP contribution in [0.1, 0.15) is 44.4 Å². The summed E-state index contributed by atoms with van der Waals surface area (Å²) < 4.78 is 11.8. The van der Waals surface area contributed by atoms with Crippen LogP contribution in [0.25, 0.3) is 10.8 Å². The zero-order valence-electron chi connectivity index (χ0n) is 22.2. The van der Waals surface area contributed by atoms with Gasteiger partial charge in [-0.2, -0.15) is 0 Å². The predicted octanol–water partition coefficient (Wildman–Crippen LogP) is 5.86. The van der Waals surface area contributed by atoms with Crippen LogP contribution in [0.15, 0.2) is 60.7 Å². The molecule has 0 saturated heterocycles. The van der Waals surface area contributed by atoms with Gasteiger partial charge in [-0.25, -0.2) is 0 Å². The van der Waals surface area contributed by atoms with Crippen molar-refractivity contribution in [3.05, 3.63) is 76.8 Å². The van der Waals surface area contributed by atoms with Gasteiger partial charge in [-0.05, 0) is 61.0 Å². The number of fused-ring (bicyclic) bond motifs is 2.